The highest BCUT2D eigenvalue weighted by Gasteiger charge is 2.41. The van der Waals surface area contributed by atoms with Crippen LogP contribution in [-0.4, -0.2) is 5.78 Å². The number of ketones is 1. The van der Waals surface area contributed by atoms with Gasteiger partial charge in [-0.05, 0) is 24.7 Å². The van der Waals surface area contributed by atoms with E-state index < -0.39 is 0 Å². The van der Waals surface area contributed by atoms with E-state index in [1.54, 1.807) is 0 Å². The molecule has 2 rings (SSSR count). The Hall–Kier alpha value is -1.56. The lowest BCUT2D eigenvalue weighted by Crippen LogP contribution is -2.39. The first-order valence-corrected chi connectivity index (χ1v) is 6.91. The van der Waals surface area contributed by atoms with E-state index in [2.05, 4.69) is 39.1 Å². The molecular formula is C16H22N2O. The second-order valence-electron chi connectivity index (χ2n) is 6.83. The van der Waals surface area contributed by atoms with E-state index in [1.807, 2.05) is 6.92 Å². The molecule has 3 nitrogen and oxygen atoms in total. The largest absolute Gasteiger partial charge is 0.361 e. The van der Waals surface area contributed by atoms with Crippen LogP contribution >= 0.6 is 0 Å². The number of carbonyl (C=O) groups is 1. The van der Waals surface area contributed by atoms with Gasteiger partial charge in [-0.15, -0.1) is 0 Å². The van der Waals surface area contributed by atoms with Crippen molar-refractivity contribution in [1.29, 1.82) is 5.26 Å². The summed E-state index contributed by atoms with van der Waals surface area (Å²) in [5.41, 5.74) is 3.54. The first-order valence-electron chi connectivity index (χ1n) is 6.91. The van der Waals surface area contributed by atoms with Crippen LogP contribution in [0.4, 0.5) is 0 Å². The first-order chi connectivity index (χ1) is 8.76. The van der Waals surface area contributed by atoms with Crippen LogP contribution in [0.5, 0.6) is 0 Å². The second-order valence-corrected chi connectivity index (χ2v) is 6.83. The molecule has 1 heterocycles. The lowest BCUT2D eigenvalue weighted by atomic mass is 9.68. The smallest absolute Gasteiger partial charge is 0.161 e. The average Bonchev–Trinajstić information content (AvgIpc) is 2.24. The molecule has 0 unspecified atom stereocenters. The molecule has 0 saturated carbocycles. The van der Waals surface area contributed by atoms with Crippen molar-refractivity contribution in [2.45, 2.75) is 47.5 Å². The first kappa shape index (κ1) is 13.9. The van der Waals surface area contributed by atoms with Crippen LogP contribution in [-0.2, 0) is 4.79 Å². The minimum Gasteiger partial charge on any atom is -0.361 e. The number of nitrogens with one attached hydrogen (secondary N) is 1. The number of carbonyl (C=O) groups excluding carboxylic acids is 1. The van der Waals surface area contributed by atoms with Crippen molar-refractivity contribution in [2.75, 3.05) is 0 Å². The van der Waals surface area contributed by atoms with E-state index in [-0.39, 0.29) is 23.0 Å². The summed E-state index contributed by atoms with van der Waals surface area (Å²) in [4.78, 5) is 12.5. The lowest BCUT2D eigenvalue weighted by molar-refractivity contribution is -0.118. The SMILES string of the molecule is CC1=C(C#N)[C@@H](C(C)C)C2=C(CC(C)(C)CC2=O)N1. The summed E-state index contributed by atoms with van der Waals surface area (Å²) in [5.74, 6) is 0.435. The monoisotopic (exact) mass is 258 g/mol. The summed E-state index contributed by atoms with van der Waals surface area (Å²) in [7, 11) is 0. The van der Waals surface area contributed by atoms with Gasteiger partial charge in [-0.1, -0.05) is 27.7 Å². The zero-order chi connectivity index (χ0) is 14.4. The summed E-state index contributed by atoms with van der Waals surface area (Å²) in [6.45, 7) is 10.3. The van der Waals surface area contributed by atoms with E-state index in [0.29, 0.717) is 6.42 Å². The van der Waals surface area contributed by atoms with Gasteiger partial charge < -0.3 is 5.32 Å². The molecule has 0 radical (unpaired) electrons. The van der Waals surface area contributed by atoms with Crippen molar-refractivity contribution in [3.63, 3.8) is 0 Å². The summed E-state index contributed by atoms with van der Waals surface area (Å²) in [6.07, 6.45) is 1.46. The van der Waals surface area contributed by atoms with Gasteiger partial charge >= 0.3 is 0 Å². The molecule has 0 aromatic carbocycles. The number of rotatable bonds is 1. The van der Waals surface area contributed by atoms with E-state index >= 15 is 0 Å². The molecule has 1 aliphatic heterocycles. The van der Waals surface area contributed by atoms with Gasteiger partial charge in [0, 0.05) is 29.3 Å². The number of allylic oxidation sites excluding steroid dienone is 4. The van der Waals surface area contributed by atoms with Crippen molar-refractivity contribution in [2.24, 2.45) is 17.3 Å². The molecular weight excluding hydrogens is 236 g/mol. The minimum atomic E-state index is -0.0372. The van der Waals surface area contributed by atoms with Crippen LogP contribution in [0.3, 0.4) is 0 Å². The summed E-state index contributed by atoms with van der Waals surface area (Å²) < 4.78 is 0. The number of hydrogen-bond donors (Lipinski definition) is 1. The highest BCUT2D eigenvalue weighted by Crippen LogP contribution is 2.44. The van der Waals surface area contributed by atoms with E-state index in [9.17, 15) is 10.1 Å². The number of nitrogens with zero attached hydrogens (tertiary/aromatic N) is 1. The Kier molecular flexibility index (Phi) is 3.30. The van der Waals surface area contributed by atoms with Crippen LogP contribution < -0.4 is 5.32 Å². The number of Topliss-reactive ketones (excluding diaryl/α,β-unsaturated/α-hetero) is 1. The standard InChI is InChI=1S/C16H22N2O/c1-9(2)14-11(8-17)10(3)18-12-6-16(4,5)7-13(19)15(12)14/h9,14,18H,6-7H2,1-5H3/t14-/m1/s1. The molecule has 102 valence electrons. The molecule has 1 aliphatic carbocycles. The fourth-order valence-electron chi connectivity index (χ4n) is 3.30. The number of dihydropyridines is 1. The Morgan fingerprint density at radius 1 is 1.37 bits per heavy atom. The molecule has 0 aromatic rings. The molecule has 0 fully saturated rings. The number of nitriles is 1. The van der Waals surface area contributed by atoms with Gasteiger partial charge in [0.1, 0.15) is 0 Å². The van der Waals surface area contributed by atoms with Gasteiger partial charge in [0.05, 0.1) is 11.6 Å². The third-order valence-electron chi connectivity index (χ3n) is 4.07. The Morgan fingerprint density at radius 3 is 2.53 bits per heavy atom. The zero-order valence-corrected chi connectivity index (χ0v) is 12.4. The van der Waals surface area contributed by atoms with Gasteiger partial charge in [0.2, 0.25) is 0 Å². The van der Waals surface area contributed by atoms with Gasteiger partial charge in [-0.3, -0.25) is 4.79 Å². The second kappa shape index (κ2) is 4.52. The molecule has 0 spiro atoms. The Labute approximate surface area is 115 Å². The lowest BCUT2D eigenvalue weighted by Gasteiger charge is -2.39. The van der Waals surface area contributed by atoms with Crippen molar-refractivity contribution in [3.05, 3.63) is 22.5 Å². The molecule has 2 aliphatic rings. The Bertz CT molecular complexity index is 529. The molecule has 3 heteroatoms. The normalized spacial score (nSPS) is 26.2. The maximum absolute atomic E-state index is 12.5. The van der Waals surface area contributed by atoms with E-state index in [1.165, 1.54) is 0 Å². The molecule has 0 aromatic heterocycles. The summed E-state index contributed by atoms with van der Waals surface area (Å²) >= 11 is 0. The minimum absolute atomic E-state index is 0.00880. The van der Waals surface area contributed by atoms with E-state index in [0.717, 1.165) is 29.0 Å². The fraction of sp³-hybridized carbons (Fsp3) is 0.625. The average molecular weight is 258 g/mol. The third-order valence-corrected chi connectivity index (χ3v) is 4.07. The number of hydrogen-bond acceptors (Lipinski definition) is 3. The maximum atomic E-state index is 12.5. The molecule has 0 amide bonds. The van der Waals surface area contributed by atoms with Gasteiger partial charge in [0.25, 0.3) is 0 Å². The highest BCUT2D eigenvalue weighted by atomic mass is 16.1. The van der Waals surface area contributed by atoms with Crippen molar-refractivity contribution in [3.8, 4) is 6.07 Å². The molecule has 1 atom stereocenters. The fourth-order valence-corrected chi connectivity index (χ4v) is 3.30. The van der Waals surface area contributed by atoms with Gasteiger partial charge in [-0.25, -0.2) is 0 Å². The quantitative estimate of drug-likeness (QED) is 0.785. The summed E-state index contributed by atoms with van der Waals surface area (Å²) in [6, 6.07) is 2.29. The Morgan fingerprint density at radius 2 is 2.00 bits per heavy atom. The van der Waals surface area contributed by atoms with Crippen LogP contribution in [0.25, 0.3) is 0 Å². The van der Waals surface area contributed by atoms with E-state index in [4.69, 9.17) is 0 Å². The predicted octanol–water partition coefficient (Wildman–Crippen LogP) is 3.30. The zero-order valence-electron chi connectivity index (χ0n) is 12.4. The highest BCUT2D eigenvalue weighted by molar-refractivity contribution is 5.99. The van der Waals surface area contributed by atoms with Crippen LogP contribution in [0.2, 0.25) is 0 Å². The molecule has 1 N–H and O–H groups in total. The van der Waals surface area contributed by atoms with Crippen LogP contribution in [0, 0.1) is 28.6 Å². The van der Waals surface area contributed by atoms with Crippen molar-refractivity contribution < 1.29 is 4.79 Å². The predicted molar refractivity (Wildman–Crippen MR) is 74.8 cm³/mol. The molecule has 19 heavy (non-hydrogen) atoms. The van der Waals surface area contributed by atoms with Crippen molar-refractivity contribution >= 4 is 5.78 Å². The summed E-state index contributed by atoms with van der Waals surface area (Å²) in [5, 5.41) is 12.7. The molecule has 0 saturated heterocycles. The van der Waals surface area contributed by atoms with Crippen molar-refractivity contribution in [1.82, 2.24) is 5.32 Å². The van der Waals surface area contributed by atoms with Crippen LogP contribution in [0.1, 0.15) is 47.5 Å². The Balaban J connectivity index is 2.54. The maximum Gasteiger partial charge on any atom is 0.161 e. The van der Waals surface area contributed by atoms with Gasteiger partial charge in [-0.2, -0.15) is 5.26 Å². The third kappa shape index (κ3) is 2.32. The van der Waals surface area contributed by atoms with Gasteiger partial charge in [0.15, 0.2) is 5.78 Å². The topological polar surface area (TPSA) is 52.9 Å². The molecule has 0 bridgehead atoms. The van der Waals surface area contributed by atoms with Crippen LogP contribution in [0.15, 0.2) is 22.5 Å².